The summed E-state index contributed by atoms with van der Waals surface area (Å²) in [6, 6.07) is 6.45. The number of hydrogen-bond donors (Lipinski definition) is 1. The fourth-order valence-corrected chi connectivity index (χ4v) is 1.93. The van der Waals surface area contributed by atoms with Crippen molar-refractivity contribution in [1.82, 2.24) is 4.90 Å². The van der Waals surface area contributed by atoms with Gasteiger partial charge in [-0.25, -0.2) is 4.39 Å². The number of nitrogens with zero attached hydrogens (tertiary/aromatic N) is 1. The number of carbonyl (C=O) groups excluding carboxylic acids is 1. The van der Waals surface area contributed by atoms with Gasteiger partial charge in [0.15, 0.2) is 0 Å². The molecule has 0 spiro atoms. The van der Waals surface area contributed by atoms with E-state index in [0.717, 1.165) is 6.42 Å². The third kappa shape index (κ3) is 3.41. The summed E-state index contributed by atoms with van der Waals surface area (Å²) in [4.78, 5) is 13.5. The molecule has 0 aliphatic carbocycles. The van der Waals surface area contributed by atoms with Gasteiger partial charge in [-0.05, 0) is 18.1 Å². The molecule has 5 heteroatoms. The molecule has 1 aromatic carbocycles. The van der Waals surface area contributed by atoms with E-state index in [1.165, 1.54) is 6.07 Å². The van der Waals surface area contributed by atoms with Crippen molar-refractivity contribution in [1.29, 1.82) is 0 Å². The summed E-state index contributed by atoms with van der Waals surface area (Å²) in [5, 5.41) is 0. The monoisotopic (exact) mass is 258 g/mol. The van der Waals surface area contributed by atoms with Crippen LogP contribution >= 0.6 is 12.4 Å². The molecule has 1 aromatic rings. The largest absolute Gasteiger partial charge is 0.341 e. The standard InChI is InChI=1S/C12H15FN2O.ClH/c13-11-4-2-1-3-9(11)7-12(16)15-6-5-10(14)8-15;/h1-4,10H,5-8,14H2;1H. The number of hydrogen-bond acceptors (Lipinski definition) is 2. The second kappa shape index (κ2) is 5.98. The number of benzene rings is 1. The zero-order valence-corrected chi connectivity index (χ0v) is 10.3. The van der Waals surface area contributed by atoms with E-state index in [2.05, 4.69) is 0 Å². The molecule has 1 aliphatic heterocycles. The maximum absolute atomic E-state index is 13.3. The molecule has 1 amide bonds. The first-order valence-electron chi connectivity index (χ1n) is 5.43. The van der Waals surface area contributed by atoms with E-state index in [-0.39, 0.29) is 36.6 Å². The summed E-state index contributed by atoms with van der Waals surface area (Å²) in [7, 11) is 0. The average molecular weight is 259 g/mol. The first-order chi connectivity index (χ1) is 7.66. The summed E-state index contributed by atoms with van der Waals surface area (Å²) < 4.78 is 13.3. The summed E-state index contributed by atoms with van der Waals surface area (Å²) in [5.41, 5.74) is 6.17. The lowest BCUT2D eigenvalue weighted by Gasteiger charge is -2.15. The van der Waals surface area contributed by atoms with Gasteiger partial charge in [-0.1, -0.05) is 18.2 Å². The molecule has 94 valence electrons. The molecule has 17 heavy (non-hydrogen) atoms. The third-order valence-corrected chi connectivity index (χ3v) is 2.88. The van der Waals surface area contributed by atoms with Crippen molar-refractivity contribution >= 4 is 18.3 Å². The van der Waals surface area contributed by atoms with Gasteiger partial charge in [0.05, 0.1) is 6.42 Å². The Bertz CT molecular complexity index is 400. The van der Waals surface area contributed by atoms with Crippen LogP contribution in [0.25, 0.3) is 0 Å². The normalized spacial score (nSPS) is 18.9. The molecule has 0 bridgehead atoms. The zero-order valence-electron chi connectivity index (χ0n) is 9.43. The maximum Gasteiger partial charge on any atom is 0.227 e. The van der Waals surface area contributed by atoms with Gasteiger partial charge in [0.25, 0.3) is 0 Å². The molecule has 3 nitrogen and oxygen atoms in total. The highest BCUT2D eigenvalue weighted by molar-refractivity contribution is 5.85. The fourth-order valence-electron chi connectivity index (χ4n) is 1.93. The van der Waals surface area contributed by atoms with E-state index in [1.54, 1.807) is 23.1 Å². The molecule has 1 fully saturated rings. The topological polar surface area (TPSA) is 46.3 Å². The van der Waals surface area contributed by atoms with Crippen molar-refractivity contribution in [2.75, 3.05) is 13.1 Å². The molecule has 1 saturated heterocycles. The zero-order chi connectivity index (χ0) is 11.5. The number of amides is 1. The molecule has 1 unspecified atom stereocenters. The minimum atomic E-state index is -0.320. The van der Waals surface area contributed by atoms with Crippen LogP contribution < -0.4 is 5.73 Å². The molecule has 2 rings (SSSR count). The molecular formula is C12H16ClFN2O. The molecular weight excluding hydrogens is 243 g/mol. The minimum Gasteiger partial charge on any atom is -0.341 e. The van der Waals surface area contributed by atoms with Gasteiger partial charge in [0.1, 0.15) is 5.82 Å². The van der Waals surface area contributed by atoms with Gasteiger partial charge in [0, 0.05) is 19.1 Å². The number of carbonyl (C=O) groups is 1. The Labute approximate surface area is 106 Å². The Balaban J connectivity index is 0.00000144. The first kappa shape index (κ1) is 13.9. The number of halogens is 2. The SMILES string of the molecule is Cl.NC1CCN(C(=O)Cc2ccccc2F)C1. The Morgan fingerprint density at radius 2 is 2.18 bits per heavy atom. The second-order valence-corrected chi connectivity index (χ2v) is 4.16. The molecule has 0 aromatic heterocycles. The fraction of sp³-hybridized carbons (Fsp3) is 0.417. The Kier molecular flexibility index (Phi) is 4.90. The lowest BCUT2D eigenvalue weighted by atomic mass is 10.1. The van der Waals surface area contributed by atoms with E-state index in [0.29, 0.717) is 18.7 Å². The highest BCUT2D eigenvalue weighted by Gasteiger charge is 2.23. The Hall–Kier alpha value is -1.13. The molecule has 0 saturated carbocycles. The number of rotatable bonds is 2. The summed E-state index contributed by atoms with van der Waals surface area (Å²) in [5.74, 6) is -0.364. The van der Waals surface area contributed by atoms with Crippen molar-refractivity contribution in [3.05, 3.63) is 35.6 Å². The van der Waals surface area contributed by atoms with Gasteiger partial charge >= 0.3 is 0 Å². The van der Waals surface area contributed by atoms with Crippen molar-refractivity contribution in [3.8, 4) is 0 Å². The van der Waals surface area contributed by atoms with Crippen molar-refractivity contribution in [2.45, 2.75) is 18.9 Å². The Morgan fingerprint density at radius 1 is 1.47 bits per heavy atom. The highest BCUT2D eigenvalue weighted by Crippen LogP contribution is 2.12. The predicted molar refractivity (Wildman–Crippen MR) is 66.5 cm³/mol. The van der Waals surface area contributed by atoms with Crippen LogP contribution in [0.4, 0.5) is 4.39 Å². The minimum absolute atomic E-state index is 0. The van der Waals surface area contributed by atoms with Gasteiger partial charge in [-0.3, -0.25) is 4.79 Å². The van der Waals surface area contributed by atoms with Crippen LogP contribution in [0, 0.1) is 5.82 Å². The van der Waals surface area contributed by atoms with Crippen LogP contribution in [-0.2, 0) is 11.2 Å². The molecule has 0 radical (unpaired) electrons. The van der Waals surface area contributed by atoms with Gasteiger partial charge in [0.2, 0.25) is 5.91 Å². The molecule has 1 atom stereocenters. The highest BCUT2D eigenvalue weighted by atomic mass is 35.5. The van der Waals surface area contributed by atoms with E-state index in [9.17, 15) is 9.18 Å². The summed E-state index contributed by atoms with van der Waals surface area (Å²) >= 11 is 0. The second-order valence-electron chi connectivity index (χ2n) is 4.16. The van der Waals surface area contributed by atoms with Gasteiger partial charge in [-0.15, -0.1) is 12.4 Å². The van der Waals surface area contributed by atoms with Gasteiger partial charge < -0.3 is 10.6 Å². The van der Waals surface area contributed by atoms with Crippen molar-refractivity contribution < 1.29 is 9.18 Å². The average Bonchev–Trinajstić information content (AvgIpc) is 2.68. The lowest BCUT2D eigenvalue weighted by molar-refractivity contribution is -0.129. The smallest absolute Gasteiger partial charge is 0.227 e. The van der Waals surface area contributed by atoms with E-state index < -0.39 is 0 Å². The Morgan fingerprint density at radius 3 is 2.76 bits per heavy atom. The van der Waals surface area contributed by atoms with Crippen LogP contribution in [0.2, 0.25) is 0 Å². The number of nitrogens with two attached hydrogens (primary N) is 1. The predicted octanol–water partition coefficient (Wildman–Crippen LogP) is 1.35. The summed E-state index contributed by atoms with van der Waals surface area (Å²) in [6.07, 6.45) is 0.961. The van der Waals surface area contributed by atoms with Crippen molar-refractivity contribution in [2.24, 2.45) is 5.73 Å². The quantitative estimate of drug-likeness (QED) is 0.871. The molecule has 1 heterocycles. The first-order valence-corrected chi connectivity index (χ1v) is 5.43. The molecule has 1 aliphatic rings. The lowest BCUT2D eigenvalue weighted by Crippen LogP contribution is -2.33. The molecule has 2 N–H and O–H groups in total. The van der Waals surface area contributed by atoms with Crippen molar-refractivity contribution in [3.63, 3.8) is 0 Å². The van der Waals surface area contributed by atoms with E-state index in [4.69, 9.17) is 5.73 Å². The van der Waals surface area contributed by atoms with Crippen LogP contribution in [0.3, 0.4) is 0 Å². The van der Waals surface area contributed by atoms with Crippen LogP contribution in [0.15, 0.2) is 24.3 Å². The summed E-state index contributed by atoms with van der Waals surface area (Å²) in [6.45, 7) is 1.28. The maximum atomic E-state index is 13.3. The third-order valence-electron chi connectivity index (χ3n) is 2.88. The van der Waals surface area contributed by atoms with Crippen LogP contribution in [0.5, 0.6) is 0 Å². The van der Waals surface area contributed by atoms with E-state index in [1.807, 2.05) is 0 Å². The van der Waals surface area contributed by atoms with Crippen LogP contribution in [-0.4, -0.2) is 29.9 Å². The van der Waals surface area contributed by atoms with Gasteiger partial charge in [-0.2, -0.15) is 0 Å². The van der Waals surface area contributed by atoms with Crippen LogP contribution in [0.1, 0.15) is 12.0 Å². The number of likely N-dealkylation sites (tertiary alicyclic amines) is 1. The van der Waals surface area contributed by atoms with E-state index >= 15 is 0 Å².